The fraction of sp³-hybridized carbons (Fsp3) is 0.632. The molecule has 144 valence electrons. The van der Waals surface area contributed by atoms with Crippen molar-refractivity contribution in [3.05, 3.63) is 28.7 Å². The molecule has 2 saturated heterocycles. The topological polar surface area (TPSA) is 46.1 Å². The fourth-order valence-electron chi connectivity index (χ4n) is 3.34. The van der Waals surface area contributed by atoms with E-state index in [1.54, 1.807) is 0 Å². The van der Waals surface area contributed by atoms with Crippen molar-refractivity contribution < 1.29 is 9.47 Å². The van der Waals surface area contributed by atoms with Crippen LogP contribution >= 0.6 is 27.7 Å². The van der Waals surface area contributed by atoms with Gasteiger partial charge in [-0.15, -0.1) is 11.8 Å². The largest absolute Gasteiger partial charge is 0.375 e. The molecule has 0 amide bonds. The van der Waals surface area contributed by atoms with Crippen molar-refractivity contribution in [1.29, 1.82) is 0 Å². The van der Waals surface area contributed by atoms with Crippen molar-refractivity contribution >= 4 is 33.7 Å². The first kappa shape index (κ1) is 20.0. The number of guanidine groups is 1. The molecular formula is C19H28BrN3O2S. The highest BCUT2D eigenvalue weighted by Gasteiger charge is 2.32. The first-order valence-electron chi connectivity index (χ1n) is 9.26. The maximum Gasteiger partial charge on any atom is 0.193 e. The van der Waals surface area contributed by atoms with Crippen LogP contribution in [0, 0.1) is 0 Å². The highest BCUT2D eigenvalue weighted by Crippen LogP contribution is 2.25. The molecule has 0 aliphatic carbocycles. The molecule has 2 aliphatic heterocycles. The molecule has 0 bridgehead atoms. The van der Waals surface area contributed by atoms with Crippen LogP contribution in [0.4, 0.5) is 0 Å². The van der Waals surface area contributed by atoms with Crippen LogP contribution in [0.15, 0.2) is 38.6 Å². The predicted octanol–water partition coefficient (Wildman–Crippen LogP) is 3.38. The highest BCUT2D eigenvalue weighted by molar-refractivity contribution is 9.10. The first-order chi connectivity index (χ1) is 12.7. The number of nitrogens with zero attached hydrogens (tertiary/aromatic N) is 2. The van der Waals surface area contributed by atoms with Gasteiger partial charge in [-0.05, 0) is 37.1 Å². The summed E-state index contributed by atoms with van der Waals surface area (Å²) < 4.78 is 12.9. The molecule has 1 N–H and O–H groups in total. The van der Waals surface area contributed by atoms with Crippen LogP contribution in [0.25, 0.3) is 0 Å². The van der Waals surface area contributed by atoms with Crippen molar-refractivity contribution in [1.82, 2.24) is 10.2 Å². The summed E-state index contributed by atoms with van der Waals surface area (Å²) in [5.41, 5.74) is 0. The molecular weight excluding hydrogens is 414 g/mol. The zero-order valence-electron chi connectivity index (χ0n) is 15.5. The minimum Gasteiger partial charge on any atom is -0.375 e. The number of hydrogen-bond acceptors (Lipinski definition) is 4. The number of ether oxygens (including phenoxy) is 2. The lowest BCUT2D eigenvalue weighted by Gasteiger charge is -2.37. The van der Waals surface area contributed by atoms with Gasteiger partial charge in [0.25, 0.3) is 0 Å². The van der Waals surface area contributed by atoms with E-state index in [2.05, 4.69) is 62.3 Å². The van der Waals surface area contributed by atoms with Crippen molar-refractivity contribution in [2.24, 2.45) is 4.99 Å². The Hall–Kier alpha value is -0.760. The first-order valence-corrected chi connectivity index (χ1v) is 10.9. The molecule has 5 nitrogen and oxygen atoms in total. The minimum absolute atomic E-state index is 0.152. The van der Waals surface area contributed by atoms with Crippen molar-refractivity contribution in [2.45, 2.75) is 42.1 Å². The molecule has 0 radical (unpaired) electrons. The average molecular weight is 442 g/mol. The number of rotatable bonds is 5. The Morgan fingerprint density at radius 1 is 1.31 bits per heavy atom. The summed E-state index contributed by atoms with van der Waals surface area (Å²) in [6, 6.07) is 8.46. The monoisotopic (exact) mass is 441 g/mol. The molecule has 26 heavy (non-hydrogen) atoms. The lowest BCUT2D eigenvalue weighted by molar-refractivity contribution is -0.0816. The Labute approximate surface area is 169 Å². The molecule has 3 rings (SSSR count). The number of morpholine rings is 1. The Morgan fingerprint density at radius 3 is 2.77 bits per heavy atom. The van der Waals surface area contributed by atoms with Crippen LogP contribution in [0.5, 0.6) is 0 Å². The maximum atomic E-state index is 5.94. The second-order valence-electron chi connectivity index (χ2n) is 6.72. The van der Waals surface area contributed by atoms with Crippen LogP contribution < -0.4 is 5.32 Å². The van der Waals surface area contributed by atoms with E-state index in [4.69, 9.17) is 9.47 Å². The minimum atomic E-state index is 0.152. The van der Waals surface area contributed by atoms with E-state index in [-0.39, 0.29) is 12.2 Å². The quantitative estimate of drug-likeness (QED) is 0.431. The molecule has 0 saturated carbocycles. The van der Waals surface area contributed by atoms with Gasteiger partial charge in [-0.3, -0.25) is 4.99 Å². The number of aliphatic imine (C=N–C) groups is 1. The fourth-order valence-corrected chi connectivity index (χ4v) is 4.53. The molecule has 0 aromatic heterocycles. The van der Waals surface area contributed by atoms with E-state index < -0.39 is 0 Å². The molecule has 0 spiro atoms. The SMILES string of the molecule is CN=C(NCC(C)Sc1ccc(Br)cc1)N1CCOC(C2CCCO2)C1. The molecule has 2 heterocycles. The smallest absolute Gasteiger partial charge is 0.193 e. The zero-order valence-corrected chi connectivity index (χ0v) is 17.9. The normalized spacial score (nSPS) is 25.3. The van der Waals surface area contributed by atoms with Gasteiger partial charge in [0.2, 0.25) is 0 Å². The third-order valence-electron chi connectivity index (χ3n) is 4.68. The number of thioether (sulfide) groups is 1. The van der Waals surface area contributed by atoms with Gasteiger partial charge < -0.3 is 19.7 Å². The Balaban J connectivity index is 1.48. The van der Waals surface area contributed by atoms with Crippen molar-refractivity contribution in [3.8, 4) is 0 Å². The van der Waals surface area contributed by atoms with Crippen LogP contribution in [-0.4, -0.2) is 68.2 Å². The predicted molar refractivity (Wildman–Crippen MR) is 111 cm³/mol. The number of benzene rings is 1. The van der Waals surface area contributed by atoms with E-state index in [0.29, 0.717) is 5.25 Å². The average Bonchev–Trinajstić information content (AvgIpc) is 3.19. The van der Waals surface area contributed by atoms with E-state index >= 15 is 0 Å². The number of hydrogen-bond donors (Lipinski definition) is 1. The molecule has 2 aliphatic rings. The Kier molecular flexibility index (Phi) is 7.66. The van der Waals surface area contributed by atoms with Gasteiger partial charge in [0.05, 0.1) is 12.7 Å². The summed E-state index contributed by atoms with van der Waals surface area (Å²) in [5.74, 6) is 0.958. The molecule has 1 aromatic rings. The van der Waals surface area contributed by atoms with Gasteiger partial charge in [-0.25, -0.2) is 0 Å². The molecule has 3 atom stereocenters. The summed E-state index contributed by atoms with van der Waals surface area (Å²) in [7, 11) is 1.85. The second kappa shape index (κ2) is 9.97. The van der Waals surface area contributed by atoms with Crippen LogP contribution in [0.1, 0.15) is 19.8 Å². The molecule has 3 unspecified atom stereocenters. The summed E-state index contributed by atoms with van der Waals surface area (Å²) in [6.45, 7) is 6.42. The number of halogens is 1. The van der Waals surface area contributed by atoms with Crippen LogP contribution in [0.2, 0.25) is 0 Å². The van der Waals surface area contributed by atoms with Crippen LogP contribution in [-0.2, 0) is 9.47 Å². The van der Waals surface area contributed by atoms with E-state index in [0.717, 1.165) is 56.1 Å². The lowest BCUT2D eigenvalue weighted by atomic mass is 10.1. The van der Waals surface area contributed by atoms with Gasteiger partial charge in [-0.1, -0.05) is 22.9 Å². The third-order valence-corrected chi connectivity index (χ3v) is 6.32. The van der Waals surface area contributed by atoms with Gasteiger partial charge in [-0.2, -0.15) is 0 Å². The molecule has 1 aromatic carbocycles. The zero-order chi connectivity index (χ0) is 18.4. The molecule has 7 heteroatoms. The Bertz CT molecular complexity index is 593. The van der Waals surface area contributed by atoms with Crippen molar-refractivity contribution in [2.75, 3.05) is 39.9 Å². The van der Waals surface area contributed by atoms with E-state index in [1.807, 2.05) is 18.8 Å². The standard InChI is InChI=1S/C19H28BrN3O2S/c1-14(26-16-7-5-15(20)6-8-16)12-22-19(21-2)23-9-11-25-18(13-23)17-4-3-10-24-17/h5-8,14,17-18H,3-4,9-13H2,1-2H3,(H,21,22). The van der Waals surface area contributed by atoms with Crippen LogP contribution in [0.3, 0.4) is 0 Å². The molecule has 2 fully saturated rings. The van der Waals surface area contributed by atoms with Gasteiger partial charge in [0.1, 0.15) is 6.10 Å². The van der Waals surface area contributed by atoms with Crippen molar-refractivity contribution in [3.63, 3.8) is 0 Å². The lowest BCUT2D eigenvalue weighted by Crippen LogP contribution is -2.53. The summed E-state index contributed by atoms with van der Waals surface area (Å²) in [4.78, 5) is 8.06. The second-order valence-corrected chi connectivity index (χ2v) is 9.14. The van der Waals surface area contributed by atoms with E-state index in [9.17, 15) is 0 Å². The third kappa shape index (κ3) is 5.62. The highest BCUT2D eigenvalue weighted by atomic mass is 79.9. The van der Waals surface area contributed by atoms with Gasteiger partial charge in [0.15, 0.2) is 5.96 Å². The van der Waals surface area contributed by atoms with E-state index in [1.165, 1.54) is 4.90 Å². The summed E-state index contributed by atoms with van der Waals surface area (Å²) in [5, 5.41) is 3.98. The van der Waals surface area contributed by atoms with Gasteiger partial charge >= 0.3 is 0 Å². The number of nitrogens with one attached hydrogen (secondary N) is 1. The summed E-state index contributed by atoms with van der Waals surface area (Å²) >= 11 is 5.35. The van der Waals surface area contributed by atoms with Gasteiger partial charge in [0, 0.05) is 47.9 Å². The maximum absolute atomic E-state index is 5.94. The summed E-state index contributed by atoms with van der Waals surface area (Å²) in [6.07, 6.45) is 2.63. The Morgan fingerprint density at radius 2 is 2.08 bits per heavy atom.